The van der Waals surface area contributed by atoms with Crippen molar-refractivity contribution < 1.29 is 9.53 Å². The lowest BCUT2D eigenvalue weighted by Crippen LogP contribution is -2.01. The van der Waals surface area contributed by atoms with Crippen LogP contribution in [0, 0.1) is 0 Å². The molecule has 124 valence electrons. The first-order chi connectivity index (χ1) is 11.6. The SMILES string of the molecule is CCOC(=O)C/C=C/C=C(c1ccc(Cl)cc1)c1ccc(Cl)cc1. The smallest absolute Gasteiger partial charge is 0.309 e. The first-order valence-electron chi connectivity index (χ1n) is 7.64. The highest BCUT2D eigenvalue weighted by atomic mass is 35.5. The molecule has 0 aliphatic heterocycles. The number of esters is 1. The van der Waals surface area contributed by atoms with E-state index in [1.165, 1.54) is 0 Å². The molecule has 2 nitrogen and oxygen atoms in total. The first-order valence-corrected chi connectivity index (χ1v) is 8.40. The fraction of sp³-hybridized carbons (Fsp3) is 0.150. The minimum Gasteiger partial charge on any atom is -0.466 e. The Hall–Kier alpha value is -2.03. The lowest BCUT2D eigenvalue weighted by molar-refractivity contribution is -0.142. The van der Waals surface area contributed by atoms with Crippen LogP contribution in [0.2, 0.25) is 10.0 Å². The van der Waals surface area contributed by atoms with E-state index < -0.39 is 0 Å². The number of carbonyl (C=O) groups is 1. The number of allylic oxidation sites excluding steroid dienone is 2. The summed E-state index contributed by atoms with van der Waals surface area (Å²) in [5, 5.41) is 1.37. The number of benzene rings is 2. The predicted molar refractivity (Wildman–Crippen MR) is 100 cm³/mol. The van der Waals surface area contributed by atoms with Crippen LogP contribution in [0.5, 0.6) is 0 Å². The molecule has 0 amide bonds. The van der Waals surface area contributed by atoms with Gasteiger partial charge in [-0.25, -0.2) is 0 Å². The van der Waals surface area contributed by atoms with Crippen molar-refractivity contribution in [2.24, 2.45) is 0 Å². The molecular weight excluding hydrogens is 343 g/mol. The van der Waals surface area contributed by atoms with Crippen LogP contribution < -0.4 is 0 Å². The Kier molecular flexibility index (Phi) is 7.10. The quantitative estimate of drug-likeness (QED) is 0.471. The van der Waals surface area contributed by atoms with Crippen LogP contribution in [0.25, 0.3) is 5.57 Å². The van der Waals surface area contributed by atoms with Gasteiger partial charge in [-0.15, -0.1) is 0 Å². The predicted octanol–water partition coefficient (Wildman–Crippen LogP) is 5.93. The molecule has 0 fully saturated rings. The molecule has 0 heterocycles. The number of carbonyl (C=O) groups excluding carboxylic acids is 1. The van der Waals surface area contributed by atoms with Gasteiger partial charge in [0.05, 0.1) is 13.0 Å². The van der Waals surface area contributed by atoms with Gasteiger partial charge in [0.25, 0.3) is 0 Å². The molecule has 0 bridgehead atoms. The Morgan fingerprint density at radius 2 is 1.46 bits per heavy atom. The summed E-state index contributed by atoms with van der Waals surface area (Å²) in [6.45, 7) is 2.18. The second kappa shape index (κ2) is 9.31. The summed E-state index contributed by atoms with van der Waals surface area (Å²) in [6, 6.07) is 15.2. The Morgan fingerprint density at radius 1 is 0.958 bits per heavy atom. The lowest BCUT2D eigenvalue weighted by atomic mass is 9.97. The van der Waals surface area contributed by atoms with Crippen molar-refractivity contribution in [3.63, 3.8) is 0 Å². The second-order valence-corrected chi connectivity index (χ2v) is 5.90. The third kappa shape index (κ3) is 5.55. The van der Waals surface area contributed by atoms with Crippen LogP contribution in [-0.4, -0.2) is 12.6 Å². The fourth-order valence-corrected chi connectivity index (χ4v) is 2.42. The number of hydrogen-bond donors (Lipinski definition) is 0. The van der Waals surface area contributed by atoms with Crippen LogP contribution in [-0.2, 0) is 9.53 Å². The molecule has 0 aliphatic carbocycles. The molecular formula is C20H18Cl2O2. The van der Waals surface area contributed by atoms with Gasteiger partial charge in [0.15, 0.2) is 0 Å². The van der Waals surface area contributed by atoms with Crippen LogP contribution in [0.15, 0.2) is 66.8 Å². The van der Waals surface area contributed by atoms with Gasteiger partial charge in [0, 0.05) is 10.0 Å². The van der Waals surface area contributed by atoms with Crippen molar-refractivity contribution in [1.29, 1.82) is 0 Å². The van der Waals surface area contributed by atoms with E-state index in [4.69, 9.17) is 27.9 Å². The number of ether oxygens (including phenoxy) is 1. The van der Waals surface area contributed by atoms with E-state index in [0.29, 0.717) is 16.7 Å². The molecule has 0 saturated heterocycles. The molecule has 0 spiro atoms. The zero-order valence-electron chi connectivity index (χ0n) is 13.3. The van der Waals surface area contributed by atoms with Gasteiger partial charge in [-0.2, -0.15) is 0 Å². The van der Waals surface area contributed by atoms with Gasteiger partial charge in [-0.3, -0.25) is 4.79 Å². The van der Waals surface area contributed by atoms with E-state index in [-0.39, 0.29) is 12.4 Å². The zero-order valence-corrected chi connectivity index (χ0v) is 14.8. The molecule has 0 N–H and O–H groups in total. The molecule has 0 aliphatic rings. The summed E-state index contributed by atoms with van der Waals surface area (Å²) < 4.78 is 4.90. The fourth-order valence-electron chi connectivity index (χ4n) is 2.17. The average Bonchev–Trinajstić information content (AvgIpc) is 2.57. The van der Waals surface area contributed by atoms with Crippen molar-refractivity contribution in [3.8, 4) is 0 Å². The second-order valence-electron chi connectivity index (χ2n) is 5.03. The standard InChI is InChI=1S/C20H18Cl2O2/c1-2-24-20(23)6-4-3-5-19(15-7-11-17(21)12-8-15)16-9-13-18(22)14-10-16/h3-5,7-14H,2,6H2,1H3/b4-3+. The topological polar surface area (TPSA) is 26.3 Å². The summed E-state index contributed by atoms with van der Waals surface area (Å²) in [7, 11) is 0. The zero-order chi connectivity index (χ0) is 17.4. The van der Waals surface area contributed by atoms with Gasteiger partial charge in [-0.1, -0.05) is 65.7 Å². The van der Waals surface area contributed by atoms with Gasteiger partial charge >= 0.3 is 5.97 Å². The van der Waals surface area contributed by atoms with E-state index in [2.05, 4.69) is 0 Å². The van der Waals surface area contributed by atoms with Crippen molar-refractivity contribution in [2.75, 3.05) is 6.61 Å². The third-order valence-electron chi connectivity index (χ3n) is 3.30. The summed E-state index contributed by atoms with van der Waals surface area (Å²) in [5.74, 6) is -0.235. The number of hydrogen-bond acceptors (Lipinski definition) is 2. The largest absolute Gasteiger partial charge is 0.466 e. The first kappa shape index (κ1) is 18.3. The molecule has 24 heavy (non-hydrogen) atoms. The Bertz CT molecular complexity index is 682. The maximum atomic E-state index is 11.4. The number of halogens is 2. The maximum absolute atomic E-state index is 11.4. The van der Waals surface area contributed by atoms with E-state index in [1.54, 1.807) is 13.0 Å². The highest BCUT2D eigenvalue weighted by molar-refractivity contribution is 6.31. The monoisotopic (exact) mass is 360 g/mol. The third-order valence-corrected chi connectivity index (χ3v) is 3.80. The molecule has 0 aromatic heterocycles. The summed E-state index contributed by atoms with van der Waals surface area (Å²) >= 11 is 11.9. The van der Waals surface area contributed by atoms with Crippen molar-refractivity contribution in [3.05, 3.63) is 87.9 Å². The molecule has 0 radical (unpaired) electrons. The molecule has 4 heteroatoms. The van der Waals surface area contributed by atoms with Crippen LogP contribution in [0.3, 0.4) is 0 Å². The van der Waals surface area contributed by atoms with Crippen molar-refractivity contribution in [1.82, 2.24) is 0 Å². The Labute approximate surface area is 152 Å². The molecule has 0 saturated carbocycles. The van der Waals surface area contributed by atoms with Crippen LogP contribution in [0.4, 0.5) is 0 Å². The Morgan fingerprint density at radius 3 is 1.92 bits per heavy atom. The van der Waals surface area contributed by atoms with Gasteiger partial charge in [0.2, 0.25) is 0 Å². The molecule has 2 aromatic carbocycles. The van der Waals surface area contributed by atoms with Crippen LogP contribution >= 0.6 is 23.2 Å². The molecule has 2 rings (SSSR count). The highest BCUT2D eigenvalue weighted by Crippen LogP contribution is 2.26. The number of rotatable bonds is 6. The molecule has 0 atom stereocenters. The van der Waals surface area contributed by atoms with Crippen molar-refractivity contribution >= 4 is 34.7 Å². The van der Waals surface area contributed by atoms with Gasteiger partial charge < -0.3 is 4.74 Å². The minimum absolute atomic E-state index is 0.235. The van der Waals surface area contributed by atoms with E-state index in [9.17, 15) is 4.79 Å². The molecule has 0 unspecified atom stereocenters. The minimum atomic E-state index is -0.235. The van der Waals surface area contributed by atoms with E-state index >= 15 is 0 Å². The van der Waals surface area contributed by atoms with E-state index in [1.807, 2.05) is 60.7 Å². The van der Waals surface area contributed by atoms with Crippen LogP contribution in [0.1, 0.15) is 24.5 Å². The van der Waals surface area contributed by atoms with Crippen molar-refractivity contribution in [2.45, 2.75) is 13.3 Å². The summed E-state index contributed by atoms with van der Waals surface area (Å²) in [6.07, 6.45) is 5.85. The molecule has 2 aromatic rings. The maximum Gasteiger partial charge on any atom is 0.309 e. The summed E-state index contributed by atoms with van der Waals surface area (Å²) in [4.78, 5) is 11.4. The lowest BCUT2D eigenvalue weighted by Gasteiger charge is -2.08. The highest BCUT2D eigenvalue weighted by Gasteiger charge is 2.05. The van der Waals surface area contributed by atoms with Gasteiger partial charge in [0.1, 0.15) is 0 Å². The Balaban J connectivity index is 2.27. The van der Waals surface area contributed by atoms with Gasteiger partial charge in [-0.05, 0) is 47.9 Å². The average molecular weight is 361 g/mol. The van der Waals surface area contributed by atoms with E-state index in [0.717, 1.165) is 16.7 Å². The summed E-state index contributed by atoms with van der Waals surface area (Å²) in [5.41, 5.74) is 3.08. The normalized spacial score (nSPS) is 10.6.